The van der Waals surface area contributed by atoms with Gasteiger partial charge in [-0.25, -0.2) is 4.79 Å². The van der Waals surface area contributed by atoms with Gasteiger partial charge >= 0.3 is 12.1 Å². The number of aromatic nitrogens is 2. The maximum atomic E-state index is 13.0. The minimum Gasteiger partial charge on any atom is -0.489 e. The highest BCUT2D eigenvalue weighted by molar-refractivity contribution is 5.96. The maximum Gasteiger partial charge on any atom is 0.410 e. The number of anilines is 2. The molecule has 56 heavy (non-hydrogen) atoms. The molecule has 0 N–H and O–H groups in total. The van der Waals surface area contributed by atoms with Crippen molar-refractivity contribution in [3.63, 3.8) is 0 Å². The van der Waals surface area contributed by atoms with E-state index in [1.54, 1.807) is 11.8 Å². The van der Waals surface area contributed by atoms with Gasteiger partial charge in [0.1, 0.15) is 31.4 Å². The maximum absolute atomic E-state index is 13.0. The monoisotopic (exact) mass is 755 g/mol. The number of carbonyl (C=O) groups excluding carboxylic acids is 2. The first-order chi connectivity index (χ1) is 27.5. The van der Waals surface area contributed by atoms with Crippen LogP contribution in [-0.4, -0.2) is 109 Å². The Hall–Kier alpha value is -5.88. The average Bonchev–Trinajstić information content (AvgIpc) is 3.25. The van der Waals surface area contributed by atoms with Crippen LogP contribution in [0.5, 0.6) is 11.8 Å². The van der Waals surface area contributed by atoms with Gasteiger partial charge in [-0.1, -0.05) is 84.9 Å². The minimum atomic E-state index is -0.302. The van der Waals surface area contributed by atoms with Gasteiger partial charge in [0.2, 0.25) is 5.91 Å². The molecule has 1 aromatic heterocycles. The van der Waals surface area contributed by atoms with Gasteiger partial charge in [0.15, 0.2) is 0 Å². The summed E-state index contributed by atoms with van der Waals surface area (Å²) in [4.78, 5) is 45.5. The van der Waals surface area contributed by atoms with E-state index in [9.17, 15) is 9.59 Å². The number of nitrogens with zero attached hydrogens (tertiary/aromatic N) is 7. The second kappa shape index (κ2) is 17.3. The molecule has 12 nitrogen and oxygen atoms in total. The summed E-state index contributed by atoms with van der Waals surface area (Å²) in [6.45, 7) is 10.3. The van der Waals surface area contributed by atoms with Crippen molar-refractivity contribution in [3.8, 4) is 11.8 Å². The fourth-order valence-electron chi connectivity index (χ4n) is 7.73. The molecule has 4 heterocycles. The van der Waals surface area contributed by atoms with Gasteiger partial charge in [0.05, 0.1) is 12.2 Å². The van der Waals surface area contributed by atoms with E-state index in [1.165, 1.54) is 0 Å². The number of amides is 2. The Kier molecular flexibility index (Phi) is 11.4. The molecule has 4 aromatic carbocycles. The normalized spacial score (nSPS) is 16.1. The van der Waals surface area contributed by atoms with E-state index in [2.05, 4.69) is 63.2 Å². The van der Waals surface area contributed by atoms with E-state index in [0.29, 0.717) is 51.9 Å². The largest absolute Gasteiger partial charge is 0.489 e. The van der Waals surface area contributed by atoms with Crippen molar-refractivity contribution in [2.24, 2.45) is 0 Å². The number of fused-ring (bicyclic) bond motifs is 2. The number of hydrogen-bond donors (Lipinski definition) is 0. The fraction of sp³-hybridized carbons (Fsp3) is 0.364. The Bertz CT molecular complexity index is 2120. The van der Waals surface area contributed by atoms with Crippen LogP contribution < -0.4 is 19.3 Å². The number of carbonyl (C=O) groups is 2. The molecule has 0 unspecified atom stereocenters. The standard InChI is InChI=1S/C44H49N7O5/c1-33(52)48-20-18-47(19-21-48)26-27-54-43-45-40-30-51(41-29-37(28-36-14-8-9-15-38(36)41)55-31-34-10-4-2-5-11-34)17-16-39(40)42(46-43)49-22-24-50(25-23-49)44(53)56-32-35-12-6-3-7-13-35/h2-15,28-29H,16-27,30-32H2,1H3. The highest BCUT2D eigenvalue weighted by Gasteiger charge is 2.30. The highest BCUT2D eigenvalue weighted by Crippen LogP contribution is 2.37. The van der Waals surface area contributed by atoms with E-state index < -0.39 is 0 Å². The van der Waals surface area contributed by atoms with Crippen LogP contribution in [0.25, 0.3) is 10.8 Å². The molecule has 3 aliphatic heterocycles. The second-order valence-corrected chi connectivity index (χ2v) is 14.6. The zero-order valence-corrected chi connectivity index (χ0v) is 32.0. The summed E-state index contributed by atoms with van der Waals surface area (Å²) in [7, 11) is 0. The molecule has 8 rings (SSSR count). The molecule has 2 saturated heterocycles. The summed E-state index contributed by atoms with van der Waals surface area (Å²) in [5, 5.41) is 2.28. The Balaban J connectivity index is 1.01. The molecule has 2 amide bonds. The molecule has 0 atom stereocenters. The Morgan fingerprint density at radius 2 is 1.36 bits per heavy atom. The number of hydrogen-bond acceptors (Lipinski definition) is 10. The molecule has 290 valence electrons. The topological polar surface area (TPSA) is 104 Å². The van der Waals surface area contributed by atoms with Gasteiger partial charge in [-0.05, 0) is 29.0 Å². The summed E-state index contributed by atoms with van der Waals surface area (Å²) in [6, 6.07) is 33.0. The molecular formula is C44H49N7O5. The van der Waals surface area contributed by atoms with Gasteiger partial charge in [0, 0.05) is 95.1 Å². The predicted octanol–water partition coefficient (Wildman–Crippen LogP) is 5.77. The summed E-state index contributed by atoms with van der Waals surface area (Å²) in [5.41, 5.74) is 5.25. The van der Waals surface area contributed by atoms with Crippen LogP contribution in [0.1, 0.15) is 29.3 Å². The smallest absolute Gasteiger partial charge is 0.410 e. The highest BCUT2D eigenvalue weighted by atomic mass is 16.6. The van der Waals surface area contributed by atoms with Crippen LogP contribution in [0.4, 0.5) is 16.3 Å². The lowest BCUT2D eigenvalue weighted by molar-refractivity contribution is -0.130. The van der Waals surface area contributed by atoms with Gasteiger partial charge in [-0.15, -0.1) is 0 Å². The predicted molar refractivity (Wildman–Crippen MR) is 216 cm³/mol. The third-order valence-electron chi connectivity index (χ3n) is 10.9. The molecule has 0 spiro atoms. The third-order valence-corrected chi connectivity index (χ3v) is 10.9. The molecule has 3 aliphatic rings. The van der Waals surface area contributed by atoms with Crippen molar-refractivity contribution in [3.05, 3.63) is 119 Å². The first-order valence-electron chi connectivity index (χ1n) is 19.6. The van der Waals surface area contributed by atoms with Crippen molar-refractivity contribution in [1.29, 1.82) is 0 Å². The first kappa shape index (κ1) is 37.1. The number of rotatable bonds is 11. The van der Waals surface area contributed by atoms with Crippen LogP contribution in [0, 0.1) is 0 Å². The molecular weight excluding hydrogens is 707 g/mol. The molecule has 0 aliphatic carbocycles. The SMILES string of the molecule is CC(=O)N1CCN(CCOc2nc3c(c(N4CCN(C(=O)OCc5ccccc5)CC4)n2)CCN(c2cc(OCc4ccccc4)cc4ccccc24)C3)CC1. The van der Waals surface area contributed by atoms with E-state index in [4.69, 9.17) is 24.2 Å². The average molecular weight is 756 g/mol. The van der Waals surface area contributed by atoms with Crippen LogP contribution >= 0.6 is 0 Å². The molecule has 2 fully saturated rings. The minimum absolute atomic E-state index is 0.120. The van der Waals surface area contributed by atoms with E-state index in [0.717, 1.165) is 96.1 Å². The molecule has 5 aromatic rings. The zero-order chi connectivity index (χ0) is 38.3. The van der Waals surface area contributed by atoms with E-state index >= 15 is 0 Å². The summed E-state index contributed by atoms with van der Waals surface area (Å²) in [6.07, 6.45) is 0.456. The van der Waals surface area contributed by atoms with Gasteiger partial charge in [-0.2, -0.15) is 9.97 Å². The van der Waals surface area contributed by atoms with Crippen molar-refractivity contribution in [1.82, 2.24) is 24.7 Å². The Labute approximate surface area is 328 Å². The number of piperazine rings is 2. The Morgan fingerprint density at radius 3 is 2.09 bits per heavy atom. The quantitative estimate of drug-likeness (QED) is 0.165. The van der Waals surface area contributed by atoms with Gasteiger partial charge in [0.25, 0.3) is 0 Å². The zero-order valence-electron chi connectivity index (χ0n) is 32.0. The van der Waals surface area contributed by atoms with Crippen molar-refractivity contribution in [2.75, 3.05) is 81.9 Å². The molecule has 0 radical (unpaired) electrons. The van der Waals surface area contributed by atoms with Crippen molar-refractivity contribution < 1.29 is 23.8 Å². The lowest BCUT2D eigenvalue weighted by Gasteiger charge is -2.38. The van der Waals surface area contributed by atoms with Crippen LogP contribution in [0.15, 0.2) is 97.1 Å². The summed E-state index contributed by atoms with van der Waals surface area (Å²) in [5.74, 6) is 1.82. The van der Waals surface area contributed by atoms with Crippen molar-refractivity contribution >= 4 is 34.3 Å². The Morgan fingerprint density at radius 1 is 0.679 bits per heavy atom. The van der Waals surface area contributed by atoms with E-state index in [-0.39, 0.29) is 18.6 Å². The third kappa shape index (κ3) is 8.81. The fourth-order valence-corrected chi connectivity index (χ4v) is 7.73. The number of ether oxygens (including phenoxy) is 3. The molecule has 0 bridgehead atoms. The van der Waals surface area contributed by atoms with E-state index in [1.807, 2.05) is 53.4 Å². The summed E-state index contributed by atoms with van der Waals surface area (Å²) < 4.78 is 18.3. The lowest BCUT2D eigenvalue weighted by atomic mass is 10.0. The van der Waals surface area contributed by atoms with Crippen LogP contribution in [0.2, 0.25) is 0 Å². The number of benzene rings is 4. The molecule has 12 heteroatoms. The first-order valence-corrected chi connectivity index (χ1v) is 19.6. The van der Waals surface area contributed by atoms with Crippen LogP contribution in [0.3, 0.4) is 0 Å². The van der Waals surface area contributed by atoms with Crippen LogP contribution in [-0.2, 0) is 35.7 Å². The van der Waals surface area contributed by atoms with Gasteiger partial charge in [-0.3, -0.25) is 9.69 Å². The lowest BCUT2D eigenvalue weighted by Crippen LogP contribution is -2.49. The second-order valence-electron chi connectivity index (χ2n) is 14.6. The molecule has 0 saturated carbocycles. The van der Waals surface area contributed by atoms with Gasteiger partial charge < -0.3 is 33.8 Å². The summed E-state index contributed by atoms with van der Waals surface area (Å²) >= 11 is 0. The van der Waals surface area contributed by atoms with Crippen molar-refractivity contribution in [2.45, 2.75) is 33.1 Å².